The van der Waals surface area contributed by atoms with Gasteiger partial charge in [-0.1, -0.05) is 0 Å². The second-order valence-electron chi connectivity index (χ2n) is 7.37. The van der Waals surface area contributed by atoms with Crippen molar-refractivity contribution in [2.24, 2.45) is 0 Å². The first-order valence-corrected chi connectivity index (χ1v) is 9.69. The third kappa shape index (κ3) is 2.96. The molecule has 0 N–H and O–H groups in total. The van der Waals surface area contributed by atoms with Gasteiger partial charge in [-0.25, -0.2) is 9.50 Å². The Morgan fingerprint density at radius 1 is 1.14 bits per heavy atom. The monoisotopic (exact) mass is 378 g/mol. The summed E-state index contributed by atoms with van der Waals surface area (Å²) in [7, 11) is 0. The average Bonchev–Trinajstić information content (AvgIpc) is 3.13. The third-order valence-corrected chi connectivity index (χ3v) is 5.43. The van der Waals surface area contributed by atoms with E-state index in [0.717, 1.165) is 36.4 Å². The van der Waals surface area contributed by atoms with Gasteiger partial charge >= 0.3 is 0 Å². The Hall–Kier alpha value is -3.09. The fraction of sp³-hybridized carbons (Fsp3) is 0.381. The Morgan fingerprint density at radius 2 is 2.00 bits per heavy atom. The predicted molar refractivity (Wildman–Crippen MR) is 103 cm³/mol. The van der Waals surface area contributed by atoms with Crippen molar-refractivity contribution in [1.29, 1.82) is 0 Å². The lowest BCUT2D eigenvalue weighted by Gasteiger charge is -2.33. The molecule has 7 heteroatoms. The highest BCUT2D eigenvalue weighted by molar-refractivity contribution is 5.95. The molecule has 0 radical (unpaired) electrons. The molecule has 2 aliphatic rings. The van der Waals surface area contributed by atoms with E-state index in [1.807, 2.05) is 46.8 Å². The van der Waals surface area contributed by atoms with Crippen LogP contribution < -0.4 is 9.47 Å². The first kappa shape index (κ1) is 17.0. The maximum absolute atomic E-state index is 13.1. The highest BCUT2D eigenvalue weighted by Crippen LogP contribution is 2.32. The Labute approximate surface area is 162 Å². The number of aryl methyl sites for hydroxylation is 1. The molecule has 3 aromatic rings. The van der Waals surface area contributed by atoms with Crippen LogP contribution in [0.5, 0.6) is 11.5 Å². The molecule has 0 bridgehead atoms. The molecule has 1 atom stereocenters. The van der Waals surface area contributed by atoms with Crippen LogP contribution in [0.25, 0.3) is 5.65 Å². The highest BCUT2D eigenvalue weighted by atomic mass is 16.6. The van der Waals surface area contributed by atoms with Gasteiger partial charge in [0.05, 0.1) is 11.4 Å². The van der Waals surface area contributed by atoms with Crippen molar-refractivity contribution in [3.8, 4) is 11.5 Å². The molecule has 7 nitrogen and oxygen atoms in total. The quantitative estimate of drug-likeness (QED) is 0.686. The predicted octanol–water partition coefficient (Wildman–Crippen LogP) is 2.83. The van der Waals surface area contributed by atoms with E-state index in [1.54, 1.807) is 6.07 Å². The first-order valence-electron chi connectivity index (χ1n) is 9.69. The molecule has 28 heavy (non-hydrogen) atoms. The molecule has 2 aromatic heterocycles. The van der Waals surface area contributed by atoms with Crippen LogP contribution in [0.2, 0.25) is 0 Å². The second-order valence-corrected chi connectivity index (χ2v) is 7.37. The molecule has 1 fully saturated rings. The number of ether oxygens (including phenoxy) is 2. The van der Waals surface area contributed by atoms with Gasteiger partial charge in [0.15, 0.2) is 17.1 Å². The van der Waals surface area contributed by atoms with E-state index < -0.39 is 0 Å². The first-order chi connectivity index (χ1) is 13.7. The summed E-state index contributed by atoms with van der Waals surface area (Å²) in [6.07, 6.45) is 3.82. The highest BCUT2D eigenvalue weighted by Gasteiger charge is 2.28. The van der Waals surface area contributed by atoms with E-state index in [9.17, 15) is 4.79 Å². The van der Waals surface area contributed by atoms with Crippen LogP contribution in [0.3, 0.4) is 0 Å². The van der Waals surface area contributed by atoms with Crippen molar-refractivity contribution >= 4 is 11.6 Å². The number of hydrogen-bond donors (Lipinski definition) is 0. The third-order valence-electron chi connectivity index (χ3n) is 5.43. The van der Waals surface area contributed by atoms with E-state index in [-0.39, 0.29) is 11.8 Å². The van der Waals surface area contributed by atoms with Crippen LogP contribution in [0.4, 0.5) is 0 Å². The Kier molecular flexibility index (Phi) is 4.15. The smallest absolute Gasteiger partial charge is 0.254 e. The maximum atomic E-state index is 13.1. The lowest BCUT2D eigenvalue weighted by Crippen LogP contribution is -2.39. The normalized spacial score (nSPS) is 19.0. The molecule has 1 saturated heterocycles. The van der Waals surface area contributed by atoms with Crippen LogP contribution in [0.15, 0.2) is 36.5 Å². The lowest BCUT2D eigenvalue weighted by molar-refractivity contribution is 0.0704. The number of likely N-dealkylation sites (tertiary alicyclic amines) is 1. The van der Waals surface area contributed by atoms with Gasteiger partial charge in [-0.3, -0.25) is 4.79 Å². The Morgan fingerprint density at radius 3 is 2.89 bits per heavy atom. The molecule has 1 aromatic carbocycles. The Balaban J connectivity index is 1.40. The molecule has 0 saturated carbocycles. The van der Waals surface area contributed by atoms with E-state index in [2.05, 4.69) is 10.1 Å². The fourth-order valence-electron chi connectivity index (χ4n) is 4.10. The van der Waals surface area contributed by atoms with Gasteiger partial charge in [0.2, 0.25) is 0 Å². The number of amides is 1. The minimum atomic E-state index is 0.0311. The summed E-state index contributed by atoms with van der Waals surface area (Å²) in [4.78, 5) is 19.5. The van der Waals surface area contributed by atoms with Crippen molar-refractivity contribution in [3.63, 3.8) is 0 Å². The van der Waals surface area contributed by atoms with Crippen LogP contribution >= 0.6 is 0 Å². The van der Waals surface area contributed by atoms with Crippen molar-refractivity contribution in [2.45, 2.75) is 25.7 Å². The molecule has 1 amide bonds. The molecular formula is C21H22N4O3. The summed E-state index contributed by atoms with van der Waals surface area (Å²) in [6.45, 7) is 4.46. The number of fused-ring (bicyclic) bond motifs is 2. The molecule has 0 spiro atoms. The van der Waals surface area contributed by atoms with E-state index >= 15 is 0 Å². The summed E-state index contributed by atoms with van der Waals surface area (Å²) in [5, 5.41) is 4.58. The van der Waals surface area contributed by atoms with Crippen molar-refractivity contribution in [3.05, 3.63) is 53.5 Å². The molecule has 2 aliphatic heterocycles. The van der Waals surface area contributed by atoms with Crippen molar-refractivity contribution < 1.29 is 14.3 Å². The van der Waals surface area contributed by atoms with Gasteiger partial charge in [0.25, 0.3) is 5.91 Å². The van der Waals surface area contributed by atoms with E-state index in [4.69, 9.17) is 9.47 Å². The fourth-order valence-corrected chi connectivity index (χ4v) is 4.10. The molecule has 5 rings (SSSR count). The van der Waals surface area contributed by atoms with Crippen LogP contribution in [0.1, 0.15) is 40.5 Å². The summed E-state index contributed by atoms with van der Waals surface area (Å²) in [6, 6.07) is 9.43. The molecule has 144 valence electrons. The van der Waals surface area contributed by atoms with Gasteiger partial charge in [-0.2, -0.15) is 5.10 Å². The molecule has 4 heterocycles. The van der Waals surface area contributed by atoms with Crippen molar-refractivity contribution in [2.75, 3.05) is 26.3 Å². The average molecular weight is 378 g/mol. The van der Waals surface area contributed by atoms with Gasteiger partial charge < -0.3 is 14.4 Å². The number of carbonyl (C=O) groups excluding carboxylic acids is 1. The number of hydrogen-bond acceptors (Lipinski definition) is 5. The largest absolute Gasteiger partial charge is 0.486 e. The van der Waals surface area contributed by atoms with Gasteiger partial charge in [0.1, 0.15) is 13.2 Å². The summed E-state index contributed by atoms with van der Waals surface area (Å²) in [5.74, 6) is 1.62. The summed E-state index contributed by atoms with van der Waals surface area (Å²) >= 11 is 0. The molecule has 0 aliphatic carbocycles. The summed E-state index contributed by atoms with van der Waals surface area (Å²) in [5.41, 5.74) is 3.54. The zero-order valence-corrected chi connectivity index (χ0v) is 15.8. The zero-order valence-electron chi connectivity index (χ0n) is 15.8. The van der Waals surface area contributed by atoms with E-state index in [0.29, 0.717) is 36.8 Å². The SMILES string of the molecule is Cc1cc2nccc([C@@H]3CCCN(C(=O)c4ccc5c(c4)OCCO5)C3)n2n1. The topological polar surface area (TPSA) is 69.0 Å². The number of benzene rings is 1. The number of aromatic nitrogens is 3. The minimum Gasteiger partial charge on any atom is -0.486 e. The van der Waals surface area contributed by atoms with Gasteiger partial charge in [-0.15, -0.1) is 0 Å². The summed E-state index contributed by atoms with van der Waals surface area (Å²) < 4.78 is 13.1. The Bertz CT molecular complexity index is 1050. The zero-order chi connectivity index (χ0) is 19.1. The van der Waals surface area contributed by atoms with Crippen LogP contribution in [0, 0.1) is 6.92 Å². The van der Waals surface area contributed by atoms with Crippen LogP contribution in [-0.4, -0.2) is 51.7 Å². The minimum absolute atomic E-state index is 0.0311. The number of rotatable bonds is 2. The lowest BCUT2D eigenvalue weighted by atomic mass is 9.94. The van der Waals surface area contributed by atoms with Crippen LogP contribution in [-0.2, 0) is 0 Å². The number of nitrogens with zero attached hydrogens (tertiary/aromatic N) is 4. The second kappa shape index (κ2) is 6.82. The van der Waals surface area contributed by atoms with E-state index in [1.165, 1.54) is 0 Å². The molecule has 0 unspecified atom stereocenters. The van der Waals surface area contributed by atoms with Gasteiger partial charge in [0, 0.05) is 36.8 Å². The van der Waals surface area contributed by atoms with Crippen molar-refractivity contribution in [1.82, 2.24) is 19.5 Å². The van der Waals surface area contributed by atoms with Gasteiger partial charge in [-0.05, 0) is 44.0 Å². The number of carbonyl (C=O) groups is 1. The molecular weight excluding hydrogens is 356 g/mol. The number of piperidine rings is 1. The maximum Gasteiger partial charge on any atom is 0.254 e. The standard InChI is InChI=1S/C21H22N4O3/c1-14-11-20-22-7-6-17(25(20)23-14)16-3-2-8-24(13-16)21(26)15-4-5-18-19(12-15)28-10-9-27-18/h4-7,11-12,16H,2-3,8-10,13H2,1H3/t16-/m1/s1.